The van der Waals surface area contributed by atoms with Crippen molar-refractivity contribution in [3.05, 3.63) is 34.9 Å². The van der Waals surface area contributed by atoms with Crippen LogP contribution in [-0.4, -0.2) is 54.6 Å². The summed E-state index contributed by atoms with van der Waals surface area (Å²) in [5.41, 5.74) is 3.23. The maximum atomic E-state index is 12.8. The number of carboxylic acids is 1. The zero-order chi connectivity index (χ0) is 16.2. The van der Waals surface area contributed by atoms with Gasteiger partial charge in [0.2, 0.25) is 0 Å². The maximum Gasteiger partial charge on any atom is 0.304 e. The van der Waals surface area contributed by atoms with Crippen molar-refractivity contribution in [3.63, 3.8) is 0 Å². The van der Waals surface area contributed by atoms with Crippen molar-refractivity contribution in [1.29, 1.82) is 0 Å². The highest BCUT2D eigenvalue weighted by Gasteiger charge is 2.27. The van der Waals surface area contributed by atoms with Gasteiger partial charge in [-0.05, 0) is 36.5 Å². The Kier molecular flexibility index (Phi) is 5.08. The molecule has 23 heavy (non-hydrogen) atoms. The Balaban J connectivity index is 1.74. The number of aryl methyl sites for hydroxylation is 2. The second kappa shape index (κ2) is 7.23. The molecule has 124 valence electrons. The van der Waals surface area contributed by atoms with Crippen LogP contribution in [0, 0.1) is 5.92 Å². The average Bonchev–Trinajstić information content (AvgIpc) is 3.01. The van der Waals surface area contributed by atoms with E-state index in [9.17, 15) is 9.59 Å². The number of hydrogen-bond acceptors (Lipinski definition) is 4. The van der Waals surface area contributed by atoms with Gasteiger partial charge >= 0.3 is 5.97 Å². The minimum absolute atomic E-state index is 0.0476. The highest BCUT2D eigenvalue weighted by atomic mass is 16.5. The number of aliphatic carboxylic acids is 1. The molecule has 0 spiro atoms. The lowest BCUT2D eigenvalue weighted by atomic mass is 9.92. The summed E-state index contributed by atoms with van der Waals surface area (Å²) in [4.78, 5) is 26.1. The lowest BCUT2D eigenvalue weighted by molar-refractivity contribution is -0.138. The summed E-state index contributed by atoms with van der Waals surface area (Å²) in [5, 5.41) is 9.17. The molecule has 0 aromatic heterocycles. The largest absolute Gasteiger partial charge is 0.481 e. The molecule has 1 aromatic carbocycles. The molecule has 3 rings (SSSR count). The van der Waals surface area contributed by atoms with Crippen LogP contribution in [0.15, 0.2) is 18.2 Å². The Hall–Kier alpha value is -1.72. The quantitative estimate of drug-likeness (QED) is 0.810. The van der Waals surface area contributed by atoms with E-state index in [2.05, 4.69) is 4.90 Å². The molecule has 5 heteroatoms. The molecule has 1 unspecified atom stereocenters. The van der Waals surface area contributed by atoms with Crippen LogP contribution in [-0.2, 0) is 22.4 Å². The van der Waals surface area contributed by atoms with Crippen molar-refractivity contribution >= 4 is 11.8 Å². The Labute approximate surface area is 136 Å². The number of fused-ring (bicyclic) bond motifs is 1. The fourth-order valence-electron chi connectivity index (χ4n) is 3.51. The van der Waals surface area contributed by atoms with Crippen LogP contribution in [0.5, 0.6) is 0 Å². The average molecular weight is 317 g/mol. The number of morpholine rings is 1. The van der Waals surface area contributed by atoms with Gasteiger partial charge in [-0.3, -0.25) is 14.5 Å². The Bertz CT molecular complexity index is 593. The van der Waals surface area contributed by atoms with Gasteiger partial charge in [-0.25, -0.2) is 0 Å². The molecule has 1 atom stereocenters. The van der Waals surface area contributed by atoms with Crippen LogP contribution in [0.25, 0.3) is 0 Å². The molecule has 1 aliphatic heterocycles. The second-order valence-electron chi connectivity index (χ2n) is 6.41. The first-order chi connectivity index (χ1) is 11.1. The lowest BCUT2D eigenvalue weighted by Crippen LogP contribution is -2.41. The number of carbonyl (C=O) groups is 2. The van der Waals surface area contributed by atoms with E-state index in [1.165, 1.54) is 11.1 Å². The molecule has 1 aromatic rings. The fraction of sp³-hybridized carbons (Fsp3) is 0.556. The predicted molar refractivity (Wildman–Crippen MR) is 85.8 cm³/mol. The zero-order valence-corrected chi connectivity index (χ0v) is 13.3. The Morgan fingerprint density at radius 2 is 1.91 bits per heavy atom. The highest BCUT2D eigenvalue weighted by Crippen LogP contribution is 2.25. The van der Waals surface area contributed by atoms with E-state index in [0.717, 1.165) is 32.4 Å². The first-order valence-corrected chi connectivity index (χ1v) is 8.31. The van der Waals surface area contributed by atoms with E-state index in [1.807, 2.05) is 18.2 Å². The molecule has 0 amide bonds. The number of nitrogens with zero attached hydrogens (tertiary/aromatic N) is 1. The number of carboxylic acid groups (broad SMARTS) is 1. The molecular weight excluding hydrogens is 294 g/mol. The molecule has 1 saturated heterocycles. The van der Waals surface area contributed by atoms with Gasteiger partial charge in [-0.2, -0.15) is 0 Å². The Morgan fingerprint density at radius 1 is 1.17 bits per heavy atom. The van der Waals surface area contributed by atoms with E-state index in [1.54, 1.807) is 0 Å². The van der Waals surface area contributed by atoms with Crippen molar-refractivity contribution in [2.75, 3.05) is 32.8 Å². The van der Waals surface area contributed by atoms with Crippen molar-refractivity contribution in [3.8, 4) is 0 Å². The molecule has 1 aliphatic carbocycles. The maximum absolute atomic E-state index is 12.8. The number of benzene rings is 1. The van der Waals surface area contributed by atoms with Crippen LogP contribution in [0.3, 0.4) is 0 Å². The van der Waals surface area contributed by atoms with Gasteiger partial charge in [0, 0.05) is 31.1 Å². The third-order valence-electron chi connectivity index (χ3n) is 4.76. The number of hydrogen-bond donors (Lipinski definition) is 1. The summed E-state index contributed by atoms with van der Waals surface area (Å²) in [6.07, 6.45) is 3.12. The van der Waals surface area contributed by atoms with E-state index in [-0.39, 0.29) is 12.2 Å². The van der Waals surface area contributed by atoms with Gasteiger partial charge in [-0.1, -0.05) is 12.1 Å². The van der Waals surface area contributed by atoms with Crippen molar-refractivity contribution in [2.24, 2.45) is 5.92 Å². The molecule has 0 saturated carbocycles. The normalized spacial score (nSPS) is 19.3. The van der Waals surface area contributed by atoms with Crippen LogP contribution in [0.1, 0.15) is 34.3 Å². The SMILES string of the molecule is O=C(O)CC(CN1CCOCC1)C(=O)c1ccc2c(c1)CCC2. The van der Waals surface area contributed by atoms with Crippen molar-refractivity contribution in [1.82, 2.24) is 4.90 Å². The smallest absolute Gasteiger partial charge is 0.304 e. The van der Waals surface area contributed by atoms with Gasteiger partial charge < -0.3 is 9.84 Å². The summed E-state index contributed by atoms with van der Waals surface area (Å²) in [6, 6.07) is 5.86. The van der Waals surface area contributed by atoms with E-state index < -0.39 is 11.9 Å². The van der Waals surface area contributed by atoms with E-state index in [0.29, 0.717) is 25.3 Å². The fourth-order valence-corrected chi connectivity index (χ4v) is 3.51. The van der Waals surface area contributed by atoms with Gasteiger partial charge in [0.1, 0.15) is 0 Å². The molecular formula is C18H23NO4. The molecule has 1 fully saturated rings. The highest BCUT2D eigenvalue weighted by molar-refractivity contribution is 5.99. The number of rotatable bonds is 6. The van der Waals surface area contributed by atoms with Crippen LogP contribution >= 0.6 is 0 Å². The van der Waals surface area contributed by atoms with Crippen molar-refractivity contribution < 1.29 is 19.4 Å². The van der Waals surface area contributed by atoms with Gasteiger partial charge in [0.15, 0.2) is 5.78 Å². The zero-order valence-electron chi connectivity index (χ0n) is 13.3. The van der Waals surface area contributed by atoms with Gasteiger partial charge in [0.05, 0.1) is 19.6 Å². The summed E-state index contributed by atoms with van der Waals surface area (Å²) >= 11 is 0. The number of ketones is 1. The molecule has 2 aliphatic rings. The second-order valence-corrected chi connectivity index (χ2v) is 6.41. The van der Waals surface area contributed by atoms with Gasteiger partial charge in [0.25, 0.3) is 0 Å². The van der Waals surface area contributed by atoms with E-state index in [4.69, 9.17) is 9.84 Å². The first kappa shape index (κ1) is 16.1. The van der Waals surface area contributed by atoms with Crippen LogP contribution in [0.2, 0.25) is 0 Å². The molecule has 0 radical (unpaired) electrons. The number of ether oxygens (including phenoxy) is 1. The van der Waals surface area contributed by atoms with Crippen molar-refractivity contribution in [2.45, 2.75) is 25.7 Å². The monoisotopic (exact) mass is 317 g/mol. The molecule has 0 bridgehead atoms. The predicted octanol–water partition coefficient (Wildman–Crippen LogP) is 1.78. The summed E-state index contributed by atoms with van der Waals surface area (Å²) in [6.45, 7) is 3.30. The van der Waals surface area contributed by atoms with Crippen LogP contribution < -0.4 is 0 Å². The van der Waals surface area contributed by atoms with Gasteiger partial charge in [-0.15, -0.1) is 0 Å². The molecule has 1 heterocycles. The third kappa shape index (κ3) is 3.98. The minimum atomic E-state index is -0.919. The molecule has 5 nitrogen and oxygen atoms in total. The third-order valence-corrected chi connectivity index (χ3v) is 4.76. The number of Topliss-reactive ketones (excluding diaryl/α,β-unsaturated/α-hetero) is 1. The summed E-state index contributed by atoms with van der Waals surface area (Å²) in [5.74, 6) is -1.46. The standard InChI is InChI=1S/C18H23NO4/c20-17(21)11-16(12-19-6-8-23-9-7-19)18(22)15-5-4-13-2-1-3-14(13)10-15/h4-5,10,16H,1-3,6-9,11-12H2,(H,20,21). The van der Waals surface area contributed by atoms with Crippen LogP contribution in [0.4, 0.5) is 0 Å². The first-order valence-electron chi connectivity index (χ1n) is 8.31. The lowest BCUT2D eigenvalue weighted by Gasteiger charge is -2.29. The summed E-state index contributed by atoms with van der Waals surface area (Å²) in [7, 11) is 0. The minimum Gasteiger partial charge on any atom is -0.481 e. The van der Waals surface area contributed by atoms with E-state index >= 15 is 0 Å². The Morgan fingerprint density at radius 3 is 2.65 bits per heavy atom. The topological polar surface area (TPSA) is 66.8 Å². The molecule has 1 N–H and O–H groups in total. The number of carbonyl (C=O) groups excluding carboxylic acids is 1. The summed E-state index contributed by atoms with van der Waals surface area (Å²) < 4.78 is 5.31.